The first-order chi connectivity index (χ1) is 11.8. The van der Waals surface area contributed by atoms with Gasteiger partial charge in [-0.25, -0.2) is 0 Å². The third-order valence-electron chi connectivity index (χ3n) is 5.79. The van der Waals surface area contributed by atoms with E-state index in [0.29, 0.717) is 12.0 Å². The Morgan fingerprint density at radius 1 is 1.17 bits per heavy atom. The topological polar surface area (TPSA) is 45.2 Å². The van der Waals surface area contributed by atoms with Crippen LogP contribution in [-0.4, -0.2) is 41.0 Å². The fraction of sp³-hybridized carbons (Fsp3) is 0.700. The van der Waals surface area contributed by atoms with Gasteiger partial charge in [0, 0.05) is 18.4 Å². The highest BCUT2D eigenvalue weighted by atomic mass is 16.2. The van der Waals surface area contributed by atoms with Crippen LogP contribution in [0.5, 0.6) is 0 Å². The van der Waals surface area contributed by atoms with Crippen LogP contribution in [0.4, 0.5) is 0 Å². The highest BCUT2D eigenvalue weighted by Gasteiger charge is 2.30. The van der Waals surface area contributed by atoms with Gasteiger partial charge in [0.25, 0.3) is 0 Å². The number of nitrogens with zero attached hydrogens (tertiary/aromatic N) is 2. The molecule has 1 saturated heterocycles. The number of hydrogen-bond donors (Lipinski definition) is 1. The number of carbonyl (C=O) groups excluding carboxylic acids is 1. The van der Waals surface area contributed by atoms with Crippen molar-refractivity contribution in [2.45, 2.75) is 76.3 Å². The van der Waals surface area contributed by atoms with Crippen molar-refractivity contribution >= 4 is 5.91 Å². The second kappa shape index (κ2) is 8.61. The Labute approximate surface area is 146 Å². The lowest BCUT2D eigenvalue weighted by Gasteiger charge is -2.37. The zero-order valence-corrected chi connectivity index (χ0v) is 14.9. The maximum absolute atomic E-state index is 12.7. The molecule has 132 valence electrons. The van der Waals surface area contributed by atoms with E-state index >= 15 is 0 Å². The molecule has 1 saturated carbocycles. The first kappa shape index (κ1) is 17.4. The molecule has 1 amide bonds. The number of amides is 1. The quantitative estimate of drug-likeness (QED) is 0.899. The molecule has 2 heterocycles. The SMILES string of the molecule is CCC(C(=O)NC1CCCCC1)N1CCC(c2ccncc2)CC1. The fourth-order valence-corrected chi connectivity index (χ4v) is 4.33. The zero-order chi connectivity index (χ0) is 16.8. The van der Waals surface area contributed by atoms with Crippen LogP contribution in [-0.2, 0) is 4.79 Å². The van der Waals surface area contributed by atoms with E-state index in [1.54, 1.807) is 0 Å². The van der Waals surface area contributed by atoms with Crippen LogP contribution in [0.15, 0.2) is 24.5 Å². The van der Waals surface area contributed by atoms with Gasteiger partial charge in [-0.15, -0.1) is 0 Å². The Kier molecular flexibility index (Phi) is 6.24. The number of rotatable bonds is 5. The minimum absolute atomic E-state index is 0.0466. The Balaban J connectivity index is 1.52. The summed E-state index contributed by atoms with van der Waals surface area (Å²) in [7, 11) is 0. The molecular formula is C20H31N3O. The Hall–Kier alpha value is -1.42. The highest BCUT2D eigenvalue weighted by Crippen LogP contribution is 2.29. The molecule has 1 aliphatic heterocycles. The van der Waals surface area contributed by atoms with Gasteiger partial charge < -0.3 is 5.32 Å². The third-order valence-corrected chi connectivity index (χ3v) is 5.79. The number of aromatic nitrogens is 1. The third kappa shape index (κ3) is 4.35. The van der Waals surface area contributed by atoms with E-state index in [-0.39, 0.29) is 11.9 Å². The van der Waals surface area contributed by atoms with Crippen molar-refractivity contribution in [3.05, 3.63) is 30.1 Å². The van der Waals surface area contributed by atoms with E-state index in [2.05, 4.69) is 34.3 Å². The van der Waals surface area contributed by atoms with Gasteiger partial charge in [-0.1, -0.05) is 26.2 Å². The van der Waals surface area contributed by atoms with Crippen LogP contribution in [0.25, 0.3) is 0 Å². The number of likely N-dealkylation sites (tertiary alicyclic amines) is 1. The second-order valence-corrected chi connectivity index (χ2v) is 7.36. The Morgan fingerprint density at radius 2 is 1.83 bits per heavy atom. The van der Waals surface area contributed by atoms with Crippen molar-refractivity contribution in [2.24, 2.45) is 0 Å². The van der Waals surface area contributed by atoms with Gasteiger partial charge >= 0.3 is 0 Å². The Morgan fingerprint density at radius 3 is 2.46 bits per heavy atom. The van der Waals surface area contributed by atoms with Crippen LogP contribution in [0.3, 0.4) is 0 Å². The largest absolute Gasteiger partial charge is 0.352 e. The average Bonchev–Trinajstić information content (AvgIpc) is 2.64. The van der Waals surface area contributed by atoms with E-state index in [4.69, 9.17) is 0 Å². The van der Waals surface area contributed by atoms with E-state index < -0.39 is 0 Å². The summed E-state index contributed by atoms with van der Waals surface area (Å²) < 4.78 is 0. The van der Waals surface area contributed by atoms with E-state index in [1.807, 2.05) is 12.4 Å². The molecule has 1 N–H and O–H groups in total. The van der Waals surface area contributed by atoms with Gasteiger partial charge in [0.15, 0.2) is 0 Å². The zero-order valence-electron chi connectivity index (χ0n) is 14.9. The summed E-state index contributed by atoms with van der Waals surface area (Å²) in [5.74, 6) is 0.870. The number of carbonyl (C=O) groups is 1. The van der Waals surface area contributed by atoms with Crippen molar-refractivity contribution in [1.82, 2.24) is 15.2 Å². The monoisotopic (exact) mass is 329 g/mol. The van der Waals surface area contributed by atoms with E-state index in [9.17, 15) is 4.79 Å². The smallest absolute Gasteiger partial charge is 0.237 e. The molecule has 2 fully saturated rings. The van der Waals surface area contributed by atoms with Crippen molar-refractivity contribution in [3.8, 4) is 0 Å². The van der Waals surface area contributed by atoms with Crippen LogP contribution in [0.1, 0.15) is 69.8 Å². The standard InChI is InChI=1S/C20H31N3O/c1-2-19(20(24)22-18-6-4-3-5-7-18)23-14-10-17(11-15-23)16-8-12-21-13-9-16/h8-9,12-13,17-19H,2-7,10-11,14-15H2,1H3,(H,22,24). The van der Waals surface area contributed by atoms with Gasteiger partial charge in [0.05, 0.1) is 6.04 Å². The summed E-state index contributed by atoms with van der Waals surface area (Å²) in [5, 5.41) is 3.32. The summed E-state index contributed by atoms with van der Waals surface area (Å²) >= 11 is 0. The highest BCUT2D eigenvalue weighted by molar-refractivity contribution is 5.82. The summed E-state index contributed by atoms with van der Waals surface area (Å²) in [4.78, 5) is 19.2. The average molecular weight is 329 g/mol. The molecule has 1 atom stereocenters. The first-order valence-corrected chi connectivity index (χ1v) is 9.72. The predicted octanol–water partition coefficient (Wildman–Crippen LogP) is 3.49. The van der Waals surface area contributed by atoms with Gasteiger partial charge in [-0.05, 0) is 68.8 Å². The van der Waals surface area contributed by atoms with Crippen molar-refractivity contribution < 1.29 is 4.79 Å². The number of piperidine rings is 1. The molecule has 0 aromatic carbocycles. The van der Waals surface area contributed by atoms with Crippen LogP contribution >= 0.6 is 0 Å². The molecule has 4 heteroatoms. The van der Waals surface area contributed by atoms with Crippen LogP contribution in [0.2, 0.25) is 0 Å². The lowest BCUT2D eigenvalue weighted by molar-refractivity contribution is -0.128. The summed E-state index contributed by atoms with van der Waals surface area (Å²) in [6, 6.07) is 4.72. The van der Waals surface area contributed by atoms with Crippen LogP contribution in [0, 0.1) is 0 Å². The van der Waals surface area contributed by atoms with Crippen LogP contribution < -0.4 is 5.32 Å². The van der Waals surface area contributed by atoms with Crippen molar-refractivity contribution in [1.29, 1.82) is 0 Å². The molecule has 4 nitrogen and oxygen atoms in total. The van der Waals surface area contributed by atoms with Gasteiger partial charge in [-0.2, -0.15) is 0 Å². The number of hydrogen-bond acceptors (Lipinski definition) is 3. The normalized spacial score (nSPS) is 22.2. The molecule has 1 aliphatic carbocycles. The van der Waals surface area contributed by atoms with Crippen molar-refractivity contribution in [3.63, 3.8) is 0 Å². The number of nitrogens with one attached hydrogen (secondary N) is 1. The maximum atomic E-state index is 12.7. The van der Waals surface area contributed by atoms with Gasteiger partial charge in [0.2, 0.25) is 5.91 Å². The summed E-state index contributed by atoms with van der Waals surface area (Å²) in [6.45, 7) is 4.17. The molecule has 0 spiro atoms. The Bertz CT molecular complexity index is 505. The summed E-state index contributed by atoms with van der Waals surface area (Å²) in [5.41, 5.74) is 1.39. The molecule has 3 rings (SSSR count). The van der Waals surface area contributed by atoms with Gasteiger partial charge in [-0.3, -0.25) is 14.7 Å². The van der Waals surface area contributed by atoms with Gasteiger partial charge in [0.1, 0.15) is 0 Å². The fourth-order valence-electron chi connectivity index (χ4n) is 4.33. The van der Waals surface area contributed by atoms with E-state index in [0.717, 1.165) is 45.2 Å². The maximum Gasteiger partial charge on any atom is 0.237 e. The minimum atomic E-state index is 0.0466. The predicted molar refractivity (Wildman–Crippen MR) is 96.9 cm³/mol. The summed E-state index contributed by atoms with van der Waals surface area (Å²) in [6.07, 6.45) is 13.1. The molecule has 1 unspecified atom stereocenters. The van der Waals surface area contributed by atoms with E-state index in [1.165, 1.54) is 24.8 Å². The lowest BCUT2D eigenvalue weighted by Crippen LogP contribution is -2.51. The minimum Gasteiger partial charge on any atom is -0.352 e. The molecule has 1 aromatic heterocycles. The molecular weight excluding hydrogens is 298 g/mol. The molecule has 2 aliphatic rings. The molecule has 0 bridgehead atoms. The second-order valence-electron chi connectivity index (χ2n) is 7.36. The molecule has 1 aromatic rings. The molecule has 0 radical (unpaired) electrons. The molecule has 24 heavy (non-hydrogen) atoms. The lowest BCUT2D eigenvalue weighted by atomic mass is 9.89. The van der Waals surface area contributed by atoms with Crippen molar-refractivity contribution in [2.75, 3.05) is 13.1 Å². The first-order valence-electron chi connectivity index (χ1n) is 9.72. The number of pyridine rings is 1.